The lowest BCUT2D eigenvalue weighted by molar-refractivity contribution is -0.115. The van der Waals surface area contributed by atoms with Gasteiger partial charge in [0.25, 0.3) is 11.8 Å². The summed E-state index contributed by atoms with van der Waals surface area (Å²) in [6, 6.07) is 27.3. The maximum Gasteiger partial charge on any atom is 0.272 e. The van der Waals surface area contributed by atoms with Gasteiger partial charge in [-0.1, -0.05) is 68.3 Å². The maximum absolute atomic E-state index is 14.1. The third kappa shape index (κ3) is 8.88. The van der Waals surface area contributed by atoms with Crippen LogP contribution in [-0.2, 0) is 9.59 Å². The zero-order chi connectivity index (χ0) is 29.4. The van der Waals surface area contributed by atoms with Gasteiger partial charge in [-0.2, -0.15) is 0 Å². The van der Waals surface area contributed by atoms with Crippen LogP contribution in [0, 0.1) is 5.82 Å². The highest BCUT2D eigenvalue weighted by Crippen LogP contribution is 2.28. The fourth-order valence-electron chi connectivity index (χ4n) is 3.60. The van der Waals surface area contributed by atoms with Crippen molar-refractivity contribution in [1.82, 2.24) is 5.32 Å². The molecule has 0 fully saturated rings. The summed E-state index contributed by atoms with van der Waals surface area (Å²) < 4.78 is 15.6. The number of rotatable bonds is 9. The summed E-state index contributed by atoms with van der Waals surface area (Å²) in [5, 5.41) is 7.59. The van der Waals surface area contributed by atoms with Crippen LogP contribution in [0.5, 0.6) is 0 Å². The maximum atomic E-state index is 14.1. The van der Waals surface area contributed by atoms with Crippen molar-refractivity contribution in [1.29, 1.82) is 0 Å². The van der Waals surface area contributed by atoms with Gasteiger partial charge < -0.3 is 16.0 Å². The third-order valence-corrected chi connectivity index (χ3v) is 7.79. The molecular weight excluding hydrogens is 673 g/mol. The number of nitrogens with one attached hydrogen (secondary N) is 3. The molecule has 10 heteroatoms. The molecule has 4 aromatic carbocycles. The van der Waals surface area contributed by atoms with E-state index >= 15 is 0 Å². The largest absolute Gasteiger partial charge is 0.323 e. The highest BCUT2D eigenvalue weighted by molar-refractivity contribution is 9.10. The standard InChI is InChI=1S/C31H24Br2FN3O3S/c1-19(29(38)36-27-15-14-23(33)17-26(27)34)41-25-9-5-8-24(18-25)35-31(40)28(16-20-10-12-22(32)13-11-20)37-30(39)21-6-3-2-4-7-21/h2-19H,1H3,(H,35,40)(H,36,38)(H,37,39)/b28-16-. The van der Waals surface area contributed by atoms with E-state index in [2.05, 4.69) is 47.8 Å². The van der Waals surface area contributed by atoms with E-state index in [-0.39, 0.29) is 17.3 Å². The zero-order valence-electron chi connectivity index (χ0n) is 21.7. The van der Waals surface area contributed by atoms with Crippen molar-refractivity contribution in [3.8, 4) is 0 Å². The Morgan fingerprint density at radius 3 is 2.24 bits per heavy atom. The van der Waals surface area contributed by atoms with Crippen LogP contribution >= 0.6 is 43.6 Å². The van der Waals surface area contributed by atoms with E-state index in [1.165, 1.54) is 23.9 Å². The van der Waals surface area contributed by atoms with Crippen molar-refractivity contribution < 1.29 is 18.8 Å². The first-order valence-electron chi connectivity index (χ1n) is 12.4. The molecular formula is C31H24Br2FN3O3S. The Morgan fingerprint density at radius 1 is 0.829 bits per heavy atom. The monoisotopic (exact) mass is 695 g/mol. The van der Waals surface area contributed by atoms with Gasteiger partial charge in [0.1, 0.15) is 11.5 Å². The molecule has 0 aliphatic carbocycles. The molecule has 0 saturated carbocycles. The van der Waals surface area contributed by atoms with E-state index in [0.29, 0.717) is 20.6 Å². The van der Waals surface area contributed by atoms with Crippen LogP contribution in [0.2, 0.25) is 0 Å². The van der Waals surface area contributed by atoms with E-state index in [0.717, 1.165) is 10.0 Å². The van der Waals surface area contributed by atoms with Crippen LogP contribution in [-0.4, -0.2) is 23.0 Å². The number of thioether (sulfide) groups is 1. The van der Waals surface area contributed by atoms with Crippen LogP contribution in [0.4, 0.5) is 15.8 Å². The van der Waals surface area contributed by atoms with Gasteiger partial charge in [-0.15, -0.1) is 11.8 Å². The average Bonchev–Trinajstić information content (AvgIpc) is 2.95. The molecule has 0 aliphatic rings. The number of halogens is 3. The minimum Gasteiger partial charge on any atom is -0.323 e. The lowest BCUT2D eigenvalue weighted by atomic mass is 10.1. The molecule has 3 N–H and O–H groups in total. The minimum atomic E-state index is -0.554. The fourth-order valence-corrected chi connectivity index (χ4v) is 5.12. The Bertz CT molecular complexity index is 1600. The minimum absolute atomic E-state index is 0.0588. The second kappa shape index (κ2) is 14.2. The molecule has 0 saturated heterocycles. The summed E-state index contributed by atoms with van der Waals surface area (Å²) in [6.45, 7) is 1.71. The predicted octanol–water partition coefficient (Wildman–Crippen LogP) is 7.88. The molecule has 0 aromatic heterocycles. The predicted molar refractivity (Wildman–Crippen MR) is 169 cm³/mol. The van der Waals surface area contributed by atoms with E-state index in [1.807, 2.05) is 24.3 Å². The van der Waals surface area contributed by atoms with Crippen molar-refractivity contribution >= 4 is 78.8 Å². The topological polar surface area (TPSA) is 87.3 Å². The van der Waals surface area contributed by atoms with Crippen LogP contribution < -0.4 is 16.0 Å². The summed E-state index contributed by atoms with van der Waals surface area (Å²) in [5.41, 5.74) is 1.76. The number of carbonyl (C=O) groups excluding carboxylic acids is 3. The quantitative estimate of drug-likeness (QED) is 0.123. The van der Waals surface area contributed by atoms with E-state index < -0.39 is 22.9 Å². The van der Waals surface area contributed by atoms with Gasteiger partial charge in [-0.3, -0.25) is 14.4 Å². The van der Waals surface area contributed by atoms with Crippen LogP contribution in [0.25, 0.3) is 6.08 Å². The summed E-state index contributed by atoms with van der Waals surface area (Å²) in [4.78, 5) is 39.6. The molecule has 4 aromatic rings. The molecule has 0 aliphatic heterocycles. The molecule has 41 heavy (non-hydrogen) atoms. The molecule has 0 bridgehead atoms. The summed E-state index contributed by atoms with van der Waals surface area (Å²) in [6.07, 6.45) is 1.59. The Kier molecular flexibility index (Phi) is 10.5. The SMILES string of the molecule is CC(Sc1cccc(NC(=O)/C(=C/c2ccc(Br)cc2)NC(=O)c2ccccc2)c1)C(=O)Nc1ccc(Br)cc1F. The number of anilines is 2. The molecule has 4 rings (SSSR count). The molecule has 0 heterocycles. The van der Waals surface area contributed by atoms with Gasteiger partial charge in [-0.05, 0) is 79.2 Å². The first-order chi connectivity index (χ1) is 19.7. The molecule has 1 atom stereocenters. The highest BCUT2D eigenvalue weighted by Gasteiger charge is 2.18. The Morgan fingerprint density at radius 2 is 1.54 bits per heavy atom. The number of carbonyl (C=O) groups is 3. The van der Waals surface area contributed by atoms with Crippen molar-refractivity contribution in [2.24, 2.45) is 0 Å². The second-order valence-corrected chi connectivity index (χ2v) is 12.0. The number of amides is 3. The first-order valence-corrected chi connectivity index (χ1v) is 14.8. The summed E-state index contributed by atoms with van der Waals surface area (Å²) in [5.74, 6) is -1.85. The molecule has 6 nitrogen and oxygen atoms in total. The van der Waals surface area contributed by atoms with E-state index in [4.69, 9.17) is 0 Å². The lowest BCUT2D eigenvalue weighted by Gasteiger charge is -2.14. The molecule has 0 spiro atoms. The van der Waals surface area contributed by atoms with Crippen molar-refractivity contribution in [3.63, 3.8) is 0 Å². The van der Waals surface area contributed by atoms with E-state index in [9.17, 15) is 18.8 Å². The highest BCUT2D eigenvalue weighted by atomic mass is 79.9. The number of benzene rings is 4. The smallest absolute Gasteiger partial charge is 0.272 e. The van der Waals surface area contributed by atoms with Gasteiger partial charge in [0.05, 0.1) is 10.9 Å². The number of hydrogen-bond donors (Lipinski definition) is 3. The van der Waals surface area contributed by atoms with Gasteiger partial charge >= 0.3 is 0 Å². The molecule has 1 unspecified atom stereocenters. The van der Waals surface area contributed by atoms with Crippen molar-refractivity contribution in [3.05, 3.63) is 129 Å². The van der Waals surface area contributed by atoms with Crippen LogP contribution in [0.1, 0.15) is 22.8 Å². The molecule has 208 valence electrons. The molecule has 3 amide bonds. The van der Waals surface area contributed by atoms with Gasteiger partial charge in [0.2, 0.25) is 5.91 Å². The van der Waals surface area contributed by atoms with Gasteiger partial charge in [-0.25, -0.2) is 4.39 Å². The van der Waals surface area contributed by atoms with Crippen LogP contribution in [0.15, 0.2) is 117 Å². The Hall–Kier alpha value is -3.73. The third-order valence-electron chi connectivity index (χ3n) is 5.67. The summed E-state index contributed by atoms with van der Waals surface area (Å²) in [7, 11) is 0. The second-order valence-electron chi connectivity index (χ2n) is 8.79. The number of hydrogen-bond acceptors (Lipinski definition) is 4. The van der Waals surface area contributed by atoms with Crippen molar-refractivity contribution in [2.45, 2.75) is 17.1 Å². The van der Waals surface area contributed by atoms with Crippen LogP contribution in [0.3, 0.4) is 0 Å². The summed E-state index contributed by atoms with van der Waals surface area (Å²) >= 11 is 7.85. The Balaban J connectivity index is 1.47. The van der Waals surface area contributed by atoms with E-state index in [1.54, 1.807) is 73.7 Å². The average molecular weight is 697 g/mol. The molecule has 0 radical (unpaired) electrons. The normalized spacial score (nSPS) is 11.9. The van der Waals surface area contributed by atoms with Gasteiger partial charge in [0.15, 0.2) is 0 Å². The van der Waals surface area contributed by atoms with Gasteiger partial charge in [0, 0.05) is 25.1 Å². The first kappa shape index (κ1) is 30.2. The lowest BCUT2D eigenvalue weighted by Crippen LogP contribution is -2.30. The Labute approximate surface area is 258 Å². The fraction of sp³-hybridized carbons (Fsp3) is 0.0645. The van der Waals surface area contributed by atoms with Crippen molar-refractivity contribution in [2.75, 3.05) is 10.6 Å². The zero-order valence-corrected chi connectivity index (χ0v) is 25.6.